The second-order valence-electron chi connectivity index (χ2n) is 5.86. The van der Waals surface area contributed by atoms with Gasteiger partial charge in [0.25, 0.3) is 5.89 Å². The molecule has 5 nitrogen and oxygen atoms in total. The number of aldehydes is 1. The molecule has 1 aromatic heterocycles. The van der Waals surface area contributed by atoms with Crippen molar-refractivity contribution < 1.29 is 14.1 Å². The summed E-state index contributed by atoms with van der Waals surface area (Å²) in [5, 5.41) is 4.01. The molecule has 0 unspecified atom stereocenters. The highest BCUT2D eigenvalue weighted by Crippen LogP contribution is 2.28. The van der Waals surface area contributed by atoms with Crippen LogP contribution in [-0.4, -0.2) is 22.5 Å². The standard InChI is InChI=1S/C19H16N2O3/c22-12-13-4-6-14(7-5-13)18-20-19(24-21-18)15-8-10-17(11-9-15)23-16-2-1-3-16/h4-12,16H,1-3H2. The van der Waals surface area contributed by atoms with Crippen LogP contribution in [0.4, 0.5) is 0 Å². The summed E-state index contributed by atoms with van der Waals surface area (Å²) in [4.78, 5) is 15.1. The molecule has 0 atom stereocenters. The van der Waals surface area contributed by atoms with Gasteiger partial charge in [-0.2, -0.15) is 4.98 Å². The van der Waals surface area contributed by atoms with E-state index in [-0.39, 0.29) is 0 Å². The molecule has 0 aliphatic heterocycles. The summed E-state index contributed by atoms with van der Waals surface area (Å²) in [5.74, 6) is 1.82. The maximum absolute atomic E-state index is 10.7. The zero-order chi connectivity index (χ0) is 16.4. The van der Waals surface area contributed by atoms with Crippen LogP contribution in [0.3, 0.4) is 0 Å². The van der Waals surface area contributed by atoms with Crippen molar-refractivity contribution in [1.82, 2.24) is 10.1 Å². The van der Waals surface area contributed by atoms with E-state index in [2.05, 4.69) is 10.1 Å². The molecule has 120 valence electrons. The maximum Gasteiger partial charge on any atom is 0.258 e. The number of nitrogens with zero attached hydrogens (tertiary/aromatic N) is 2. The van der Waals surface area contributed by atoms with E-state index in [1.165, 1.54) is 6.42 Å². The molecule has 5 heteroatoms. The lowest BCUT2D eigenvalue weighted by molar-refractivity contribution is 0.112. The first-order valence-electron chi connectivity index (χ1n) is 7.98. The van der Waals surface area contributed by atoms with Crippen molar-refractivity contribution in [2.75, 3.05) is 0 Å². The molecule has 1 aliphatic rings. The number of aromatic nitrogens is 2. The smallest absolute Gasteiger partial charge is 0.258 e. The Balaban J connectivity index is 1.51. The van der Waals surface area contributed by atoms with Crippen molar-refractivity contribution in [2.45, 2.75) is 25.4 Å². The topological polar surface area (TPSA) is 65.2 Å². The fourth-order valence-corrected chi connectivity index (χ4v) is 2.53. The summed E-state index contributed by atoms with van der Waals surface area (Å²) in [6, 6.07) is 14.7. The Morgan fingerprint density at radius 2 is 1.71 bits per heavy atom. The monoisotopic (exact) mass is 320 g/mol. The highest BCUT2D eigenvalue weighted by molar-refractivity contribution is 5.76. The zero-order valence-electron chi connectivity index (χ0n) is 13.0. The van der Waals surface area contributed by atoms with Crippen LogP contribution in [0.25, 0.3) is 22.8 Å². The quantitative estimate of drug-likeness (QED) is 0.661. The van der Waals surface area contributed by atoms with Crippen LogP contribution in [-0.2, 0) is 0 Å². The minimum absolute atomic E-state index is 0.361. The fourth-order valence-electron chi connectivity index (χ4n) is 2.53. The van der Waals surface area contributed by atoms with E-state index in [1.54, 1.807) is 24.3 Å². The number of hydrogen-bond donors (Lipinski definition) is 0. The number of rotatable bonds is 5. The molecule has 1 heterocycles. The molecule has 0 bridgehead atoms. The van der Waals surface area contributed by atoms with Crippen LogP contribution in [0.2, 0.25) is 0 Å². The number of benzene rings is 2. The van der Waals surface area contributed by atoms with E-state index in [9.17, 15) is 4.79 Å². The first-order valence-corrected chi connectivity index (χ1v) is 7.98. The van der Waals surface area contributed by atoms with Crippen molar-refractivity contribution >= 4 is 6.29 Å². The van der Waals surface area contributed by atoms with Crippen molar-refractivity contribution in [2.24, 2.45) is 0 Å². The van der Waals surface area contributed by atoms with Gasteiger partial charge in [-0.25, -0.2) is 0 Å². The fraction of sp³-hybridized carbons (Fsp3) is 0.211. The Morgan fingerprint density at radius 3 is 2.33 bits per heavy atom. The average molecular weight is 320 g/mol. The average Bonchev–Trinajstić information content (AvgIpc) is 3.09. The third-order valence-electron chi connectivity index (χ3n) is 4.19. The largest absolute Gasteiger partial charge is 0.490 e. The molecular formula is C19H16N2O3. The predicted molar refractivity (Wildman–Crippen MR) is 88.8 cm³/mol. The molecule has 0 N–H and O–H groups in total. The molecule has 1 fully saturated rings. The van der Waals surface area contributed by atoms with Crippen LogP contribution in [0.5, 0.6) is 5.75 Å². The minimum atomic E-state index is 0.361. The third kappa shape index (κ3) is 2.93. The van der Waals surface area contributed by atoms with E-state index in [1.807, 2.05) is 24.3 Å². The lowest BCUT2D eigenvalue weighted by Crippen LogP contribution is -2.24. The Bertz CT molecular complexity index is 834. The van der Waals surface area contributed by atoms with Gasteiger partial charge >= 0.3 is 0 Å². The first kappa shape index (κ1) is 14.6. The van der Waals surface area contributed by atoms with E-state index in [0.717, 1.165) is 36.0 Å². The van der Waals surface area contributed by atoms with E-state index >= 15 is 0 Å². The van der Waals surface area contributed by atoms with E-state index < -0.39 is 0 Å². The number of hydrogen-bond acceptors (Lipinski definition) is 5. The predicted octanol–water partition coefficient (Wildman–Crippen LogP) is 4.15. The van der Waals surface area contributed by atoms with Gasteiger partial charge in [0.1, 0.15) is 12.0 Å². The van der Waals surface area contributed by atoms with Crippen LogP contribution in [0.1, 0.15) is 29.6 Å². The summed E-state index contributed by atoms with van der Waals surface area (Å²) in [6.45, 7) is 0. The van der Waals surface area contributed by atoms with Gasteiger partial charge in [-0.3, -0.25) is 4.79 Å². The lowest BCUT2D eigenvalue weighted by atomic mass is 9.96. The van der Waals surface area contributed by atoms with Crippen LogP contribution in [0.15, 0.2) is 53.1 Å². The maximum atomic E-state index is 10.7. The minimum Gasteiger partial charge on any atom is -0.490 e. The number of ether oxygens (including phenoxy) is 1. The van der Waals surface area contributed by atoms with Crippen molar-refractivity contribution in [3.05, 3.63) is 54.1 Å². The van der Waals surface area contributed by atoms with Gasteiger partial charge in [-0.15, -0.1) is 0 Å². The van der Waals surface area contributed by atoms with Crippen LogP contribution in [0, 0.1) is 0 Å². The summed E-state index contributed by atoms with van der Waals surface area (Å²) < 4.78 is 11.2. The van der Waals surface area contributed by atoms with Gasteiger partial charge in [0.2, 0.25) is 5.82 Å². The SMILES string of the molecule is O=Cc1ccc(-c2noc(-c3ccc(OC4CCC4)cc3)n2)cc1. The van der Waals surface area contributed by atoms with Crippen LogP contribution >= 0.6 is 0 Å². The molecule has 2 aromatic carbocycles. The molecular weight excluding hydrogens is 304 g/mol. The molecule has 1 saturated carbocycles. The zero-order valence-corrected chi connectivity index (χ0v) is 13.0. The van der Waals surface area contributed by atoms with E-state index in [0.29, 0.717) is 23.4 Å². The Labute approximate surface area is 139 Å². The highest BCUT2D eigenvalue weighted by atomic mass is 16.5. The molecule has 3 aromatic rings. The lowest BCUT2D eigenvalue weighted by Gasteiger charge is -2.26. The second kappa shape index (κ2) is 6.28. The molecule has 24 heavy (non-hydrogen) atoms. The molecule has 0 saturated heterocycles. The normalized spacial score (nSPS) is 14.2. The summed E-state index contributed by atoms with van der Waals surface area (Å²) in [6.07, 6.45) is 4.69. The molecule has 0 radical (unpaired) electrons. The summed E-state index contributed by atoms with van der Waals surface area (Å²) in [7, 11) is 0. The summed E-state index contributed by atoms with van der Waals surface area (Å²) >= 11 is 0. The van der Waals surface area contributed by atoms with Gasteiger partial charge < -0.3 is 9.26 Å². The van der Waals surface area contributed by atoms with Gasteiger partial charge in [-0.05, 0) is 43.5 Å². The van der Waals surface area contributed by atoms with Gasteiger partial charge in [0.15, 0.2) is 0 Å². The Morgan fingerprint density at radius 1 is 1.00 bits per heavy atom. The van der Waals surface area contributed by atoms with Gasteiger partial charge in [0, 0.05) is 16.7 Å². The first-order chi connectivity index (χ1) is 11.8. The molecule has 1 aliphatic carbocycles. The van der Waals surface area contributed by atoms with Crippen molar-refractivity contribution in [1.29, 1.82) is 0 Å². The number of carbonyl (C=O) groups is 1. The Kier molecular flexibility index (Phi) is 3.83. The van der Waals surface area contributed by atoms with E-state index in [4.69, 9.17) is 9.26 Å². The van der Waals surface area contributed by atoms with Crippen molar-refractivity contribution in [3.8, 4) is 28.6 Å². The molecule has 0 spiro atoms. The third-order valence-corrected chi connectivity index (χ3v) is 4.19. The second-order valence-corrected chi connectivity index (χ2v) is 5.86. The van der Waals surface area contributed by atoms with Crippen molar-refractivity contribution in [3.63, 3.8) is 0 Å². The molecule has 4 rings (SSSR count). The molecule has 0 amide bonds. The van der Waals surface area contributed by atoms with Gasteiger partial charge in [0.05, 0.1) is 6.10 Å². The van der Waals surface area contributed by atoms with Gasteiger partial charge in [-0.1, -0.05) is 29.4 Å². The highest BCUT2D eigenvalue weighted by Gasteiger charge is 2.19. The summed E-state index contributed by atoms with van der Waals surface area (Å²) in [5.41, 5.74) is 2.27. The number of carbonyl (C=O) groups excluding carboxylic acids is 1. The Hall–Kier alpha value is -2.95. The van der Waals surface area contributed by atoms with Crippen LogP contribution < -0.4 is 4.74 Å².